The van der Waals surface area contributed by atoms with Crippen molar-refractivity contribution in [3.8, 4) is 0 Å². The topological polar surface area (TPSA) is 0 Å². The van der Waals surface area contributed by atoms with Gasteiger partial charge in [0, 0.05) is 0 Å². The zero-order valence-electron chi connectivity index (χ0n) is 2.01. The van der Waals surface area contributed by atoms with Crippen LogP contribution in [0.5, 0.6) is 0 Å². The third-order valence-corrected chi connectivity index (χ3v) is 0. The molecule has 5 heavy (non-hydrogen) atoms. The van der Waals surface area contributed by atoms with Gasteiger partial charge in [-0.15, -0.1) is 0 Å². The summed E-state index contributed by atoms with van der Waals surface area (Å²) in [7, 11) is 0. The van der Waals surface area contributed by atoms with Gasteiger partial charge in [0.25, 0.3) is 0 Å². The van der Waals surface area contributed by atoms with Gasteiger partial charge in [-0.3, -0.25) is 0 Å². The van der Waals surface area contributed by atoms with E-state index in [2.05, 4.69) is 0 Å². The molecule has 0 aliphatic heterocycles. The third kappa shape index (κ3) is 316. The fourth-order valence-electron chi connectivity index (χ4n) is 0. The zero-order valence-corrected chi connectivity index (χ0v) is 4.11. The van der Waals surface area contributed by atoms with E-state index >= 15 is 0 Å². The van der Waals surface area contributed by atoms with Gasteiger partial charge in [0.2, 0.25) is 0 Å². The molecule has 0 unspecified atom stereocenters. The van der Waals surface area contributed by atoms with Gasteiger partial charge < -0.3 is 18.8 Å². The summed E-state index contributed by atoms with van der Waals surface area (Å²) >= 11 is 0. The Morgan fingerprint density at radius 3 is 0.400 bits per heavy atom. The van der Waals surface area contributed by atoms with Gasteiger partial charge >= 0.3 is 17.6 Å². The molecule has 0 saturated carbocycles. The van der Waals surface area contributed by atoms with E-state index in [1.807, 2.05) is 0 Å². The second kappa shape index (κ2) is 657. The Balaban J connectivity index is 0. The summed E-state index contributed by atoms with van der Waals surface area (Å²) in [6, 6.07) is 0. The van der Waals surface area contributed by atoms with Crippen LogP contribution in [0.15, 0.2) is 0 Å². The van der Waals surface area contributed by atoms with E-state index in [1.54, 1.807) is 0 Å². The summed E-state index contributed by atoms with van der Waals surface area (Å²) in [4.78, 5) is 0. The van der Waals surface area contributed by atoms with Crippen LogP contribution in [-0.4, -0.2) is 17.6 Å². The molecule has 0 radical (unpaired) electrons. The van der Waals surface area contributed by atoms with Crippen molar-refractivity contribution in [1.82, 2.24) is 0 Å². The van der Waals surface area contributed by atoms with Gasteiger partial charge in [0.1, 0.15) is 0 Å². The fraction of sp³-hybridized carbons (Fsp3) is 0. The van der Waals surface area contributed by atoms with Crippen LogP contribution in [0.1, 0.15) is 0 Å². The number of hydrogen-bond acceptors (Lipinski definition) is 0. The maximum Gasteiger partial charge on any atom is 4.00 e. The first-order valence-corrected chi connectivity index (χ1v) is 0. The van der Waals surface area contributed by atoms with Crippen molar-refractivity contribution in [3.05, 3.63) is 0 Å². The molecule has 0 aromatic rings. The van der Waals surface area contributed by atoms with Crippen LogP contribution < -0.4 is 18.8 Å². The SMILES string of the molecule is [F-].[F-].[F-].[F-].[Ge+4]. The molecule has 0 nitrogen and oxygen atoms in total. The van der Waals surface area contributed by atoms with E-state index in [0.717, 1.165) is 0 Å². The molecule has 0 bridgehead atoms. The van der Waals surface area contributed by atoms with E-state index in [4.69, 9.17) is 0 Å². The smallest absolute Gasteiger partial charge is 1.00 e. The first-order valence-electron chi connectivity index (χ1n) is 0. The maximum atomic E-state index is 0. The molecule has 0 N–H and O–H groups in total. The van der Waals surface area contributed by atoms with Crippen molar-refractivity contribution < 1.29 is 18.8 Å². The van der Waals surface area contributed by atoms with Crippen LogP contribution in [0, 0.1) is 0 Å². The van der Waals surface area contributed by atoms with Crippen LogP contribution in [0.3, 0.4) is 0 Å². The molecule has 0 aliphatic carbocycles. The molecule has 0 rings (SSSR count). The Morgan fingerprint density at radius 2 is 0.400 bits per heavy atom. The van der Waals surface area contributed by atoms with Crippen molar-refractivity contribution in [3.63, 3.8) is 0 Å². The number of rotatable bonds is 0. The Bertz CT molecular complexity index is 3.61. The molecule has 0 aromatic heterocycles. The molecular weight excluding hydrogens is 149 g/mol. The molecular formula is F4Ge. The van der Waals surface area contributed by atoms with E-state index in [9.17, 15) is 0 Å². The molecule has 0 amide bonds. The van der Waals surface area contributed by atoms with E-state index in [1.165, 1.54) is 0 Å². The summed E-state index contributed by atoms with van der Waals surface area (Å²) in [6.07, 6.45) is 0. The summed E-state index contributed by atoms with van der Waals surface area (Å²) < 4.78 is 0. The van der Waals surface area contributed by atoms with Crippen molar-refractivity contribution in [2.24, 2.45) is 0 Å². The van der Waals surface area contributed by atoms with Crippen molar-refractivity contribution in [1.29, 1.82) is 0 Å². The van der Waals surface area contributed by atoms with Crippen LogP contribution in [0.4, 0.5) is 0 Å². The van der Waals surface area contributed by atoms with Gasteiger partial charge in [-0.25, -0.2) is 0 Å². The molecule has 5 heteroatoms. The second-order valence-electron chi connectivity index (χ2n) is 0. The Morgan fingerprint density at radius 1 is 0.400 bits per heavy atom. The molecule has 0 spiro atoms. The van der Waals surface area contributed by atoms with Crippen molar-refractivity contribution in [2.45, 2.75) is 0 Å². The van der Waals surface area contributed by atoms with Gasteiger partial charge in [0.15, 0.2) is 0 Å². The largest absolute Gasteiger partial charge is 4.00 e. The van der Waals surface area contributed by atoms with Crippen LogP contribution in [0.2, 0.25) is 0 Å². The van der Waals surface area contributed by atoms with E-state index in [0.29, 0.717) is 0 Å². The molecule has 0 saturated heterocycles. The zero-order chi connectivity index (χ0) is 0. The van der Waals surface area contributed by atoms with Gasteiger partial charge in [0.05, 0.1) is 0 Å². The molecule has 32 valence electrons. The van der Waals surface area contributed by atoms with Crippen molar-refractivity contribution >= 4 is 17.6 Å². The molecule has 0 aromatic carbocycles. The van der Waals surface area contributed by atoms with Gasteiger partial charge in [-0.1, -0.05) is 0 Å². The summed E-state index contributed by atoms with van der Waals surface area (Å²) in [5.74, 6) is 0. The van der Waals surface area contributed by atoms with Crippen LogP contribution >= 0.6 is 0 Å². The molecule has 0 atom stereocenters. The monoisotopic (exact) mass is 150 g/mol. The van der Waals surface area contributed by atoms with Crippen molar-refractivity contribution in [2.75, 3.05) is 0 Å². The average Bonchev–Trinajstić information content (AvgIpc) is 0. The standard InChI is InChI=1S/4FH.Ge/h4*1H;/q;;;;+4/p-4. The van der Waals surface area contributed by atoms with E-state index in [-0.39, 0.29) is 36.4 Å². The molecule has 0 heterocycles. The normalized spacial score (nSPS) is 0. The number of halogens is 4. The third-order valence-electron chi connectivity index (χ3n) is 0. The Labute approximate surface area is 37.4 Å². The first-order chi connectivity index (χ1) is 0. The van der Waals surface area contributed by atoms with E-state index < -0.39 is 0 Å². The Kier molecular flexibility index (Phi) is 182000. The second-order valence-corrected chi connectivity index (χ2v) is 0. The summed E-state index contributed by atoms with van der Waals surface area (Å²) in [5.41, 5.74) is 0. The summed E-state index contributed by atoms with van der Waals surface area (Å²) in [6.45, 7) is 0. The molecule has 0 fully saturated rings. The average molecular weight is 149 g/mol. The predicted molar refractivity (Wildman–Crippen MR) is 5.75 cm³/mol. The number of hydrogen-bond donors (Lipinski definition) is 0. The summed E-state index contributed by atoms with van der Waals surface area (Å²) in [5, 5.41) is 0. The van der Waals surface area contributed by atoms with Crippen LogP contribution in [-0.2, 0) is 0 Å². The predicted octanol–water partition coefficient (Wildman–Crippen LogP) is -12.4. The molecule has 0 aliphatic rings. The van der Waals surface area contributed by atoms with Gasteiger partial charge in [-0.05, 0) is 0 Å². The maximum absolute atomic E-state index is 0. The van der Waals surface area contributed by atoms with Gasteiger partial charge in [-0.2, -0.15) is 0 Å². The van der Waals surface area contributed by atoms with Crippen LogP contribution in [0.25, 0.3) is 0 Å². The fourth-order valence-corrected chi connectivity index (χ4v) is 0. The minimum Gasteiger partial charge on any atom is -1.00 e. The first kappa shape index (κ1) is 1380. The minimum atomic E-state index is 0. The Hall–Kier alpha value is 0.263. The minimum absolute atomic E-state index is 0. The quantitative estimate of drug-likeness (QED) is 0.237.